The van der Waals surface area contributed by atoms with Crippen LogP contribution in [0.4, 0.5) is 0 Å². The van der Waals surface area contributed by atoms with E-state index in [0.717, 1.165) is 0 Å². The molecule has 1 rings (SSSR count). The zero-order chi connectivity index (χ0) is 15.0. The topological polar surface area (TPSA) is 87.7 Å². The first-order valence-corrected chi connectivity index (χ1v) is 6.51. The highest BCUT2D eigenvalue weighted by molar-refractivity contribution is 5.88. The summed E-state index contributed by atoms with van der Waals surface area (Å²) >= 11 is 0. The van der Waals surface area contributed by atoms with Gasteiger partial charge in [-0.25, -0.2) is 4.79 Å². The minimum absolute atomic E-state index is 0.0552. The van der Waals surface area contributed by atoms with E-state index in [1.807, 2.05) is 6.92 Å². The molecule has 0 bridgehead atoms. The summed E-state index contributed by atoms with van der Waals surface area (Å²) < 4.78 is 5.43. The van der Waals surface area contributed by atoms with Gasteiger partial charge in [0.15, 0.2) is 0 Å². The van der Waals surface area contributed by atoms with E-state index in [-0.39, 0.29) is 17.5 Å². The Morgan fingerprint density at radius 1 is 1.40 bits per heavy atom. The van der Waals surface area contributed by atoms with Crippen molar-refractivity contribution in [3.8, 4) is 5.75 Å². The number of carbonyl (C=O) groups excluding carboxylic acids is 1. The first kappa shape index (κ1) is 16.0. The molecule has 20 heavy (non-hydrogen) atoms. The molecule has 0 saturated carbocycles. The molecule has 0 saturated heterocycles. The number of aromatic carboxylic acids is 1. The summed E-state index contributed by atoms with van der Waals surface area (Å²) in [5.41, 5.74) is 0.186. The van der Waals surface area contributed by atoms with Crippen LogP contribution in [0.3, 0.4) is 0 Å². The lowest BCUT2D eigenvalue weighted by atomic mass is 10.2. The molecule has 0 spiro atoms. The molecular formula is C14H20N2O4. The third-order valence-electron chi connectivity index (χ3n) is 2.65. The Morgan fingerprint density at radius 2 is 2.15 bits per heavy atom. The molecule has 6 nitrogen and oxygen atoms in total. The molecule has 0 fully saturated rings. The van der Waals surface area contributed by atoms with Crippen LogP contribution in [-0.4, -0.2) is 42.7 Å². The fourth-order valence-corrected chi connectivity index (χ4v) is 1.58. The van der Waals surface area contributed by atoms with E-state index in [1.54, 1.807) is 19.1 Å². The second kappa shape index (κ2) is 8.16. The van der Waals surface area contributed by atoms with Gasteiger partial charge < -0.3 is 20.5 Å². The van der Waals surface area contributed by atoms with Crippen molar-refractivity contribution in [3.05, 3.63) is 29.8 Å². The van der Waals surface area contributed by atoms with Gasteiger partial charge in [-0.3, -0.25) is 4.79 Å². The maximum absolute atomic E-state index is 11.4. The largest absolute Gasteiger partial charge is 0.492 e. The molecule has 1 aromatic rings. The van der Waals surface area contributed by atoms with Crippen molar-refractivity contribution in [3.63, 3.8) is 0 Å². The standard InChI is InChI=1S/C14H20N2O4/c1-3-15-13(17)10(2)16-7-8-20-12-6-4-5-11(9-12)14(18)19/h4-6,9-10,16H,3,7-8H2,1-2H3,(H,15,17)(H,18,19). The van der Waals surface area contributed by atoms with Crippen LogP contribution in [0.5, 0.6) is 5.75 Å². The van der Waals surface area contributed by atoms with Crippen molar-refractivity contribution in [2.75, 3.05) is 19.7 Å². The van der Waals surface area contributed by atoms with E-state index in [4.69, 9.17) is 9.84 Å². The molecule has 0 aliphatic rings. The van der Waals surface area contributed by atoms with Crippen molar-refractivity contribution >= 4 is 11.9 Å². The van der Waals surface area contributed by atoms with Crippen LogP contribution in [0, 0.1) is 0 Å². The summed E-state index contributed by atoms with van der Waals surface area (Å²) in [4.78, 5) is 22.2. The number of nitrogens with one attached hydrogen (secondary N) is 2. The molecule has 0 aromatic heterocycles. The number of ether oxygens (including phenoxy) is 1. The molecule has 0 radical (unpaired) electrons. The van der Waals surface area contributed by atoms with Crippen LogP contribution in [0.1, 0.15) is 24.2 Å². The number of hydrogen-bond acceptors (Lipinski definition) is 4. The maximum atomic E-state index is 11.4. The highest BCUT2D eigenvalue weighted by Crippen LogP contribution is 2.12. The van der Waals surface area contributed by atoms with Crippen molar-refractivity contribution in [1.82, 2.24) is 10.6 Å². The number of carboxylic acids is 1. The number of hydrogen-bond donors (Lipinski definition) is 3. The Balaban J connectivity index is 2.32. The van der Waals surface area contributed by atoms with Crippen molar-refractivity contribution in [1.29, 1.82) is 0 Å². The van der Waals surface area contributed by atoms with Gasteiger partial charge in [0.2, 0.25) is 5.91 Å². The third-order valence-corrected chi connectivity index (χ3v) is 2.65. The summed E-state index contributed by atoms with van der Waals surface area (Å²) in [6, 6.07) is 6.01. The molecule has 1 aromatic carbocycles. The monoisotopic (exact) mass is 280 g/mol. The number of carbonyl (C=O) groups is 2. The Bertz CT molecular complexity index is 462. The molecule has 6 heteroatoms. The molecule has 3 N–H and O–H groups in total. The maximum Gasteiger partial charge on any atom is 0.335 e. The average Bonchev–Trinajstić information content (AvgIpc) is 2.44. The lowest BCUT2D eigenvalue weighted by Gasteiger charge is -2.13. The van der Waals surface area contributed by atoms with E-state index >= 15 is 0 Å². The number of carboxylic acid groups (broad SMARTS) is 1. The summed E-state index contributed by atoms with van der Waals surface area (Å²) in [5, 5.41) is 14.6. The normalized spacial score (nSPS) is 11.7. The molecule has 110 valence electrons. The van der Waals surface area contributed by atoms with E-state index in [9.17, 15) is 9.59 Å². The minimum Gasteiger partial charge on any atom is -0.492 e. The minimum atomic E-state index is -0.988. The average molecular weight is 280 g/mol. The predicted octanol–water partition coefficient (Wildman–Crippen LogP) is 0.878. The first-order chi connectivity index (χ1) is 9.54. The van der Waals surface area contributed by atoms with Crippen molar-refractivity contribution in [2.45, 2.75) is 19.9 Å². The number of rotatable bonds is 8. The van der Waals surface area contributed by atoms with Gasteiger partial charge in [-0.15, -0.1) is 0 Å². The first-order valence-electron chi connectivity index (χ1n) is 6.51. The summed E-state index contributed by atoms with van der Waals surface area (Å²) in [5.74, 6) is -0.545. The lowest BCUT2D eigenvalue weighted by molar-refractivity contribution is -0.122. The van der Waals surface area contributed by atoms with Gasteiger partial charge in [0.05, 0.1) is 11.6 Å². The smallest absolute Gasteiger partial charge is 0.335 e. The highest BCUT2D eigenvalue weighted by Gasteiger charge is 2.10. The van der Waals surface area contributed by atoms with Gasteiger partial charge in [-0.2, -0.15) is 0 Å². The second-order valence-corrected chi connectivity index (χ2v) is 4.25. The van der Waals surface area contributed by atoms with Crippen molar-refractivity contribution in [2.24, 2.45) is 0 Å². The number of benzene rings is 1. The van der Waals surface area contributed by atoms with Gasteiger partial charge in [0, 0.05) is 13.1 Å². The summed E-state index contributed by atoms with van der Waals surface area (Å²) in [7, 11) is 0. The SMILES string of the molecule is CCNC(=O)C(C)NCCOc1cccc(C(=O)O)c1. The third kappa shape index (κ3) is 5.27. The van der Waals surface area contributed by atoms with Crippen LogP contribution in [-0.2, 0) is 4.79 Å². The summed E-state index contributed by atoms with van der Waals surface area (Å²) in [6.07, 6.45) is 0. The number of amides is 1. The molecular weight excluding hydrogens is 260 g/mol. The number of likely N-dealkylation sites (N-methyl/N-ethyl adjacent to an activating group) is 1. The molecule has 1 amide bonds. The molecule has 0 aliphatic carbocycles. The zero-order valence-electron chi connectivity index (χ0n) is 11.7. The van der Waals surface area contributed by atoms with E-state index in [2.05, 4.69) is 10.6 Å². The molecule has 0 aliphatic heterocycles. The van der Waals surface area contributed by atoms with E-state index in [1.165, 1.54) is 12.1 Å². The highest BCUT2D eigenvalue weighted by atomic mass is 16.5. The van der Waals surface area contributed by atoms with Crippen LogP contribution in [0.2, 0.25) is 0 Å². The predicted molar refractivity (Wildman–Crippen MR) is 75.0 cm³/mol. The molecule has 1 atom stereocenters. The second-order valence-electron chi connectivity index (χ2n) is 4.25. The zero-order valence-corrected chi connectivity index (χ0v) is 11.7. The van der Waals surface area contributed by atoms with Crippen molar-refractivity contribution < 1.29 is 19.4 Å². The van der Waals surface area contributed by atoms with Gasteiger partial charge in [-0.1, -0.05) is 6.07 Å². The van der Waals surface area contributed by atoms with Gasteiger partial charge >= 0.3 is 5.97 Å². The van der Waals surface area contributed by atoms with Gasteiger partial charge in [-0.05, 0) is 32.0 Å². The Labute approximate surface area is 118 Å². The molecule has 1 unspecified atom stereocenters. The van der Waals surface area contributed by atoms with E-state index < -0.39 is 5.97 Å². The van der Waals surface area contributed by atoms with Gasteiger partial charge in [0.1, 0.15) is 12.4 Å². The Kier molecular flexibility index (Phi) is 6.52. The lowest BCUT2D eigenvalue weighted by Crippen LogP contribution is -2.43. The van der Waals surface area contributed by atoms with Crippen LogP contribution in [0.25, 0.3) is 0 Å². The Hall–Kier alpha value is -2.08. The van der Waals surface area contributed by atoms with Crippen LogP contribution < -0.4 is 15.4 Å². The Morgan fingerprint density at radius 3 is 2.80 bits per heavy atom. The fraction of sp³-hybridized carbons (Fsp3) is 0.429. The summed E-state index contributed by atoms with van der Waals surface area (Å²) in [6.45, 7) is 5.09. The van der Waals surface area contributed by atoms with E-state index in [0.29, 0.717) is 25.4 Å². The molecule has 0 heterocycles. The quantitative estimate of drug-likeness (QED) is 0.615. The van der Waals surface area contributed by atoms with Gasteiger partial charge in [0.25, 0.3) is 0 Å². The van der Waals surface area contributed by atoms with Crippen LogP contribution >= 0.6 is 0 Å². The fourth-order valence-electron chi connectivity index (χ4n) is 1.58. The van der Waals surface area contributed by atoms with Crippen LogP contribution in [0.15, 0.2) is 24.3 Å².